The van der Waals surface area contributed by atoms with E-state index in [1.165, 1.54) is 22.0 Å². The summed E-state index contributed by atoms with van der Waals surface area (Å²) in [4.78, 5) is 27.4. The second-order valence-corrected chi connectivity index (χ2v) is 8.65. The summed E-state index contributed by atoms with van der Waals surface area (Å²) >= 11 is 0. The molecule has 0 spiro atoms. The number of halogens is 1. The van der Waals surface area contributed by atoms with Crippen molar-refractivity contribution >= 4 is 46.7 Å². The van der Waals surface area contributed by atoms with Crippen LogP contribution in [0.3, 0.4) is 0 Å². The standard InChI is InChI=1S/C24H36N6O.HI/c1-3-25-24(26-10-9-20-17-27-23-19(2)7-6-8-21(20)23)30-15-13-28(14-16-30)18-22(31)29-11-4-5-12-29;/h6-8,17,27H,3-5,9-16,18H2,1-2H3,(H,25,26);1H. The summed E-state index contributed by atoms with van der Waals surface area (Å²) in [7, 11) is 0. The highest BCUT2D eigenvalue weighted by Crippen LogP contribution is 2.21. The molecule has 0 aliphatic carbocycles. The van der Waals surface area contributed by atoms with Gasteiger partial charge < -0.3 is 20.1 Å². The number of carbonyl (C=O) groups is 1. The highest BCUT2D eigenvalue weighted by atomic mass is 127. The highest BCUT2D eigenvalue weighted by Gasteiger charge is 2.24. The number of aromatic nitrogens is 1. The number of para-hydroxylation sites is 1. The number of hydrogen-bond acceptors (Lipinski definition) is 3. The van der Waals surface area contributed by atoms with Gasteiger partial charge in [-0.1, -0.05) is 18.2 Å². The molecule has 176 valence electrons. The topological polar surface area (TPSA) is 67.0 Å². The Morgan fingerprint density at radius 2 is 1.84 bits per heavy atom. The van der Waals surface area contributed by atoms with Gasteiger partial charge in [-0.05, 0) is 44.2 Å². The van der Waals surface area contributed by atoms with E-state index in [2.05, 4.69) is 58.3 Å². The van der Waals surface area contributed by atoms with Gasteiger partial charge in [0, 0.05) is 69.5 Å². The minimum atomic E-state index is 0. The van der Waals surface area contributed by atoms with Crippen molar-refractivity contribution in [3.05, 3.63) is 35.5 Å². The number of nitrogens with one attached hydrogen (secondary N) is 2. The summed E-state index contributed by atoms with van der Waals surface area (Å²) in [5.41, 5.74) is 3.83. The minimum absolute atomic E-state index is 0. The van der Waals surface area contributed by atoms with E-state index in [1.807, 2.05) is 4.90 Å². The van der Waals surface area contributed by atoms with Gasteiger partial charge >= 0.3 is 0 Å². The molecular formula is C24H37IN6O. The number of rotatable bonds is 6. The molecule has 2 aliphatic heterocycles. The Kier molecular flexibility index (Phi) is 9.22. The van der Waals surface area contributed by atoms with Gasteiger partial charge in [0.05, 0.1) is 6.54 Å². The molecule has 2 fully saturated rings. The number of piperazine rings is 1. The first-order valence-electron chi connectivity index (χ1n) is 11.7. The van der Waals surface area contributed by atoms with E-state index in [4.69, 9.17) is 4.99 Å². The Hall–Kier alpha value is -1.81. The molecule has 32 heavy (non-hydrogen) atoms. The van der Waals surface area contributed by atoms with Crippen LogP contribution < -0.4 is 5.32 Å². The fourth-order valence-corrected chi connectivity index (χ4v) is 4.65. The molecule has 2 aromatic rings. The maximum absolute atomic E-state index is 12.4. The Balaban J connectivity index is 0.00000289. The van der Waals surface area contributed by atoms with Crippen LogP contribution in [0, 0.1) is 6.92 Å². The molecule has 2 aliphatic rings. The average molecular weight is 553 g/mol. The van der Waals surface area contributed by atoms with Gasteiger partial charge in [0.2, 0.25) is 5.91 Å². The number of carbonyl (C=O) groups excluding carboxylic acids is 1. The first-order chi connectivity index (χ1) is 15.2. The molecule has 0 bridgehead atoms. The van der Waals surface area contributed by atoms with Gasteiger partial charge in [-0.2, -0.15) is 0 Å². The van der Waals surface area contributed by atoms with Crippen LogP contribution in [0.2, 0.25) is 0 Å². The van der Waals surface area contributed by atoms with E-state index >= 15 is 0 Å². The van der Waals surface area contributed by atoms with E-state index in [1.54, 1.807) is 0 Å². The fraction of sp³-hybridized carbons (Fsp3) is 0.583. The van der Waals surface area contributed by atoms with Gasteiger partial charge in [-0.3, -0.25) is 14.7 Å². The van der Waals surface area contributed by atoms with Crippen LogP contribution in [0.25, 0.3) is 10.9 Å². The molecule has 0 saturated carbocycles. The Bertz CT molecular complexity index is 912. The van der Waals surface area contributed by atoms with Crippen LogP contribution in [-0.4, -0.2) is 90.5 Å². The summed E-state index contributed by atoms with van der Waals surface area (Å²) in [5, 5.41) is 4.76. The largest absolute Gasteiger partial charge is 0.361 e. The predicted molar refractivity (Wildman–Crippen MR) is 142 cm³/mol. The lowest BCUT2D eigenvalue weighted by Gasteiger charge is -2.36. The molecule has 1 aromatic carbocycles. The number of H-pyrrole nitrogens is 1. The monoisotopic (exact) mass is 552 g/mol. The molecule has 2 saturated heterocycles. The number of amides is 1. The molecule has 0 unspecified atom stereocenters. The van der Waals surface area contributed by atoms with E-state index in [0.717, 1.165) is 77.6 Å². The van der Waals surface area contributed by atoms with Crippen LogP contribution in [0.4, 0.5) is 0 Å². The highest BCUT2D eigenvalue weighted by molar-refractivity contribution is 14.0. The molecule has 0 radical (unpaired) electrons. The number of aliphatic imine (C=N–C) groups is 1. The molecule has 1 aromatic heterocycles. The van der Waals surface area contributed by atoms with Crippen molar-refractivity contribution in [1.82, 2.24) is 25.0 Å². The van der Waals surface area contributed by atoms with Crippen LogP contribution in [-0.2, 0) is 11.2 Å². The lowest BCUT2D eigenvalue weighted by molar-refractivity contribution is -0.131. The van der Waals surface area contributed by atoms with E-state index in [9.17, 15) is 4.79 Å². The van der Waals surface area contributed by atoms with Crippen molar-refractivity contribution in [1.29, 1.82) is 0 Å². The zero-order valence-electron chi connectivity index (χ0n) is 19.4. The average Bonchev–Trinajstić information content (AvgIpc) is 3.45. The second kappa shape index (κ2) is 11.9. The Morgan fingerprint density at radius 1 is 1.09 bits per heavy atom. The number of aryl methyl sites for hydroxylation is 1. The van der Waals surface area contributed by atoms with Gasteiger partial charge in [0.25, 0.3) is 0 Å². The number of benzene rings is 1. The van der Waals surface area contributed by atoms with Gasteiger partial charge in [0.15, 0.2) is 5.96 Å². The zero-order chi connectivity index (χ0) is 21.6. The summed E-state index contributed by atoms with van der Waals surface area (Å²) in [5.74, 6) is 1.28. The van der Waals surface area contributed by atoms with Crippen LogP contribution in [0.5, 0.6) is 0 Å². The smallest absolute Gasteiger partial charge is 0.236 e. The normalized spacial score (nSPS) is 17.6. The van der Waals surface area contributed by atoms with Gasteiger partial charge in [-0.25, -0.2) is 0 Å². The lowest BCUT2D eigenvalue weighted by Crippen LogP contribution is -2.54. The summed E-state index contributed by atoms with van der Waals surface area (Å²) in [6.45, 7) is 11.9. The van der Waals surface area contributed by atoms with Crippen molar-refractivity contribution in [2.24, 2.45) is 4.99 Å². The lowest BCUT2D eigenvalue weighted by atomic mass is 10.1. The van der Waals surface area contributed by atoms with Crippen molar-refractivity contribution in [2.45, 2.75) is 33.1 Å². The maximum atomic E-state index is 12.4. The maximum Gasteiger partial charge on any atom is 0.236 e. The number of aromatic amines is 1. The second-order valence-electron chi connectivity index (χ2n) is 8.65. The third-order valence-corrected chi connectivity index (χ3v) is 6.48. The fourth-order valence-electron chi connectivity index (χ4n) is 4.65. The number of fused-ring (bicyclic) bond motifs is 1. The molecular weight excluding hydrogens is 515 g/mol. The number of likely N-dealkylation sites (tertiary alicyclic amines) is 1. The summed E-state index contributed by atoms with van der Waals surface area (Å²) in [6.07, 6.45) is 5.35. The molecule has 0 atom stereocenters. The molecule has 7 nitrogen and oxygen atoms in total. The molecule has 8 heteroatoms. The predicted octanol–water partition coefficient (Wildman–Crippen LogP) is 2.84. The minimum Gasteiger partial charge on any atom is -0.361 e. The molecule has 2 N–H and O–H groups in total. The van der Waals surface area contributed by atoms with Crippen molar-refractivity contribution in [3.8, 4) is 0 Å². The van der Waals surface area contributed by atoms with Crippen LogP contribution in [0.1, 0.15) is 30.9 Å². The van der Waals surface area contributed by atoms with E-state index < -0.39 is 0 Å². The summed E-state index contributed by atoms with van der Waals surface area (Å²) < 4.78 is 0. The first kappa shape index (κ1) is 24.8. The third-order valence-electron chi connectivity index (χ3n) is 6.48. The van der Waals surface area contributed by atoms with E-state index in [-0.39, 0.29) is 24.0 Å². The first-order valence-corrected chi connectivity index (χ1v) is 11.7. The Labute approximate surface area is 208 Å². The van der Waals surface area contributed by atoms with Crippen LogP contribution >= 0.6 is 24.0 Å². The number of hydrogen-bond donors (Lipinski definition) is 2. The number of nitrogens with zero attached hydrogens (tertiary/aromatic N) is 4. The quantitative estimate of drug-likeness (QED) is 0.329. The molecule has 1 amide bonds. The van der Waals surface area contributed by atoms with Crippen molar-refractivity contribution in [2.75, 3.05) is 58.9 Å². The molecule has 3 heterocycles. The summed E-state index contributed by atoms with van der Waals surface area (Å²) in [6, 6.07) is 6.45. The number of guanidine groups is 1. The van der Waals surface area contributed by atoms with Crippen molar-refractivity contribution in [3.63, 3.8) is 0 Å². The molecule has 4 rings (SSSR count). The third kappa shape index (κ3) is 5.95. The van der Waals surface area contributed by atoms with Gasteiger partial charge in [-0.15, -0.1) is 24.0 Å². The van der Waals surface area contributed by atoms with Gasteiger partial charge in [0.1, 0.15) is 0 Å². The Morgan fingerprint density at radius 3 is 2.56 bits per heavy atom. The van der Waals surface area contributed by atoms with Crippen LogP contribution in [0.15, 0.2) is 29.4 Å². The zero-order valence-corrected chi connectivity index (χ0v) is 21.7. The van der Waals surface area contributed by atoms with Crippen molar-refractivity contribution < 1.29 is 4.79 Å². The SMILES string of the molecule is CCNC(=NCCc1c[nH]c2c(C)cccc12)N1CCN(CC(=O)N2CCCC2)CC1.I. The van der Waals surface area contributed by atoms with E-state index in [0.29, 0.717) is 12.5 Å².